The van der Waals surface area contributed by atoms with Crippen molar-refractivity contribution in [1.82, 2.24) is 0 Å². The van der Waals surface area contributed by atoms with Gasteiger partial charge >= 0.3 is 0 Å². The molecule has 1 aliphatic heterocycles. The van der Waals surface area contributed by atoms with E-state index in [1.54, 1.807) is 0 Å². The average Bonchev–Trinajstić information content (AvgIpc) is 3.70. The van der Waals surface area contributed by atoms with Gasteiger partial charge in [-0.25, -0.2) is 0 Å². The second kappa shape index (κ2) is 10.0. The van der Waals surface area contributed by atoms with Crippen molar-refractivity contribution in [2.24, 2.45) is 5.92 Å². The molecular weight excluding hydrogens is 601 g/mol. The molecule has 0 saturated carbocycles. The first-order valence-corrected chi connectivity index (χ1v) is 17.8. The number of allylic oxidation sites excluding steroid dienone is 12. The molecule has 1 aromatic heterocycles. The summed E-state index contributed by atoms with van der Waals surface area (Å²) in [5.74, 6) is 2.69. The first-order chi connectivity index (χ1) is 23.8. The van der Waals surface area contributed by atoms with Crippen molar-refractivity contribution in [3.63, 3.8) is 0 Å². The molecule has 0 spiro atoms. The van der Waals surface area contributed by atoms with Gasteiger partial charge in [0.05, 0.1) is 0 Å². The van der Waals surface area contributed by atoms with Gasteiger partial charge in [-0.1, -0.05) is 121 Å². The minimum Gasteiger partial charge on any atom is -0.461 e. The first kappa shape index (κ1) is 26.6. The lowest BCUT2D eigenvalue weighted by atomic mass is 9.77. The second-order valence-corrected chi connectivity index (χ2v) is 14.6. The molecule has 6 aromatic carbocycles. The Labute approximate surface area is 282 Å². The van der Waals surface area contributed by atoms with Gasteiger partial charge in [0.25, 0.3) is 0 Å². The van der Waals surface area contributed by atoms with Crippen molar-refractivity contribution >= 4 is 75.0 Å². The summed E-state index contributed by atoms with van der Waals surface area (Å²) in [4.78, 5) is 0. The van der Waals surface area contributed by atoms with E-state index >= 15 is 0 Å². The van der Waals surface area contributed by atoms with Crippen molar-refractivity contribution < 1.29 is 4.74 Å². The van der Waals surface area contributed by atoms with Crippen LogP contribution in [0, 0.1) is 5.92 Å². The van der Waals surface area contributed by atoms with Gasteiger partial charge in [0, 0.05) is 43.0 Å². The minimum absolute atomic E-state index is 0.196. The third-order valence-corrected chi connectivity index (χ3v) is 12.2. The van der Waals surface area contributed by atoms with Gasteiger partial charge < -0.3 is 4.74 Å². The third-order valence-electron chi connectivity index (χ3n) is 11.0. The van der Waals surface area contributed by atoms with E-state index < -0.39 is 0 Å². The van der Waals surface area contributed by atoms with Crippen molar-refractivity contribution in [3.8, 4) is 5.75 Å². The molecule has 226 valence electrons. The van der Waals surface area contributed by atoms with Gasteiger partial charge in [-0.05, 0) is 91.9 Å². The molecule has 0 fully saturated rings. The average molecular weight is 631 g/mol. The van der Waals surface area contributed by atoms with Gasteiger partial charge in [-0.2, -0.15) is 0 Å². The Morgan fingerprint density at radius 1 is 0.583 bits per heavy atom. The summed E-state index contributed by atoms with van der Waals surface area (Å²) in [5, 5.41) is 10.6. The lowest BCUT2D eigenvalue weighted by molar-refractivity contribution is 0.427. The summed E-state index contributed by atoms with van der Waals surface area (Å²) < 4.78 is 9.30. The van der Waals surface area contributed by atoms with Crippen molar-refractivity contribution in [3.05, 3.63) is 174 Å². The lowest BCUT2D eigenvalue weighted by Crippen LogP contribution is -2.08. The predicted molar refractivity (Wildman–Crippen MR) is 205 cm³/mol. The number of fused-ring (bicyclic) bond motifs is 11. The first-order valence-electron chi connectivity index (χ1n) is 16.9. The maximum absolute atomic E-state index is 6.59. The fraction of sp³-hybridized carbons (Fsp3) is 0.0870. The Balaban J connectivity index is 1.07. The molecule has 4 aliphatic rings. The zero-order chi connectivity index (χ0) is 31.3. The molecule has 48 heavy (non-hydrogen) atoms. The Bertz CT molecular complexity index is 2700. The van der Waals surface area contributed by atoms with E-state index in [4.69, 9.17) is 4.74 Å². The molecule has 7 aromatic rings. The third kappa shape index (κ3) is 3.78. The van der Waals surface area contributed by atoms with Crippen LogP contribution in [-0.2, 0) is 0 Å². The smallest absolute Gasteiger partial charge is 0.131 e. The number of benzene rings is 6. The maximum atomic E-state index is 6.59. The van der Waals surface area contributed by atoms with Gasteiger partial charge in [0.2, 0.25) is 0 Å². The van der Waals surface area contributed by atoms with E-state index in [2.05, 4.69) is 146 Å². The molecule has 0 N–H and O–H groups in total. The van der Waals surface area contributed by atoms with E-state index in [0.717, 1.165) is 24.4 Å². The molecule has 2 unspecified atom stereocenters. The lowest BCUT2D eigenvalue weighted by Gasteiger charge is -2.26. The van der Waals surface area contributed by atoms with Gasteiger partial charge in [-0.3, -0.25) is 0 Å². The summed E-state index contributed by atoms with van der Waals surface area (Å²) in [6, 6.07) is 36.2. The van der Waals surface area contributed by atoms with E-state index in [0.29, 0.717) is 5.92 Å². The molecule has 11 rings (SSSR count). The molecule has 2 heterocycles. The molecule has 0 radical (unpaired) electrons. The molecule has 0 saturated heterocycles. The van der Waals surface area contributed by atoms with Crippen LogP contribution in [0.3, 0.4) is 0 Å². The van der Waals surface area contributed by atoms with Gasteiger partial charge in [0.1, 0.15) is 11.5 Å². The molecule has 1 nitrogen and oxygen atoms in total. The molecule has 2 atom stereocenters. The summed E-state index contributed by atoms with van der Waals surface area (Å²) in [7, 11) is 0. The van der Waals surface area contributed by atoms with Gasteiger partial charge in [-0.15, -0.1) is 11.3 Å². The molecular formula is C46H30OS. The minimum atomic E-state index is 0.196. The Morgan fingerprint density at radius 3 is 2.04 bits per heavy atom. The van der Waals surface area contributed by atoms with Crippen molar-refractivity contribution in [2.75, 3.05) is 0 Å². The highest BCUT2D eigenvalue weighted by atomic mass is 32.1. The van der Waals surface area contributed by atoms with E-state index in [1.807, 2.05) is 11.3 Å². The molecule has 2 heteroatoms. The van der Waals surface area contributed by atoms with E-state index in [1.165, 1.54) is 85.9 Å². The van der Waals surface area contributed by atoms with E-state index in [9.17, 15) is 0 Å². The van der Waals surface area contributed by atoms with Crippen LogP contribution in [0.25, 0.3) is 63.6 Å². The van der Waals surface area contributed by atoms with Crippen LogP contribution in [0.5, 0.6) is 5.75 Å². The number of thiophene rings is 1. The number of hydrogen-bond donors (Lipinski definition) is 0. The van der Waals surface area contributed by atoms with Crippen molar-refractivity contribution in [2.45, 2.75) is 18.8 Å². The van der Waals surface area contributed by atoms with Crippen LogP contribution in [0.15, 0.2) is 157 Å². The van der Waals surface area contributed by atoms with Crippen LogP contribution < -0.4 is 4.74 Å². The molecule has 0 amide bonds. The Hall–Kier alpha value is -5.44. The van der Waals surface area contributed by atoms with Crippen LogP contribution in [-0.4, -0.2) is 0 Å². The summed E-state index contributed by atoms with van der Waals surface area (Å²) >= 11 is 1.90. The highest BCUT2D eigenvalue weighted by molar-refractivity contribution is 7.26. The second-order valence-electron chi connectivity index (χ2n) is 13.5. The zero-order valence-electron chi connectivity index (χ0n) is 26.2. The maximum Gasteiger partial charge on any atom is 0.131 e. The Morgan fingerprint density at radius 2 is 1.27 bits per heavy atom. The number of ether oxygens (including phenoxy) is 1. The van der Waals surface area contributed by atoms with Crippen molar-refractivity contribution in [1.29, 1.82) is 0 Å². The summed E-state index contributed by atoms with van der Waals surface area (Å²) in [6.45, 7) is 0. The molecule has 3 aliphatic carbocycles. The monoisotopic (exact) mass is 630 g/mol. The van der Waals surface area contributed by atoms with Crippen LogP contribution in [0.2, 0.25) is 0 Å². The quantitative estimate of drug-likeness (QED) is 0.173. The van der Waals surface area contributed by atoms with Gasteiger partial charge in [0.15, 0.2) is 0 Å². The highest BCUT2D eigenvalue weighted by Crippen LogP contribution is 2.52. The summed E-state index contributed by atoms with van der Waals surface area (Å²) in [5.41, 5.74) is 8.23. The normalized spacial score (nSPS) is 19.6. The zero-order valence-corrected chi connectivity index (χ0v) is 27.1. The van der Waals surface area contributed by atoms with Crippen LogP contribution >= 0.6 is 11.3 Å². The number of hydrogen-bond acceptors (Lipinski definition) is 2. The standard InChI is InChI=1S/C46H30OS/c1-2-10-28-23-30(18-17-27(28)9-1)44-33-12-3-5-14-35(33)45(36-15-6-4-13-34(36)44)31-20-22-41-39(24-31)40-26-38-29(25-42(40)47-41)19-21-37-32-11-7-8-16-43(32)48-46(37)38/h1-22,25-26,28,39H,23-24H2. The number of rotatable bonds is 2. The topological polar surface area (TPSA) is 9.23 Å². The van der Waals surface area contributed by atoms with Crippen LogP contribution in [0.1, 0.15) is 35.4 Å². The largest absolute Gasteiger partial charge is 0.461 e. The summed E-state index contributed by atoms with van der Waals surface area (Å²) in [6.07, 6.45) is 20.1. The molecule has 0 bridgehead atoms. The van der Waals surface area contributed by atoms with Crippen LogP contribution in [0.4, 0.5) is 0 Å². The fourth-order valence-electron chi connectivity index (χ4n) is 8.75. The van der Waals surface area contributed by atoms with E-state index in [-0.39, 0.29) is 5.92 Å². The SMILES string of the molecule is C1=CC2=CC=C(c3c4ccccc4c(C4=CC=C5Oc6cc7ccc8c9ccccc9sc8c7cc6C5C4)c4ccccc34)CC2C=C1. The fourth-order valence-corrected chi connectivity index (χ4v) is 9.98. The highest BCUT2D eigenvalue weighted by Gasteiger charge is 2.34. The predicted octanol–water partition coefficient (Wildman–Crippen LogP) is 12.8. The Kier molecular flexibility index (Phi) is 5.56.